The lowest BCUT2D eigenvalue weighted by Gasteiger charge is -2.25. The molecule has 2 aromatic heterocycles. The molecule has 1 aliphatic heterocycles. The second-order valence-corrected chi connectivity index (χ2v) is 8.42. The number of H-pyrrole nitrogens is 1. The summed E-state index contributed by atoms with van der Waals surface area (Å²) in [6, 6.07) is 9.49. The molecule has 0 radical (unpaired) electrons. The van der Waals surface area contributed by atoms with Gasteiger partial charge in [-0.2, -0.15) is 13.2 Å². The minimum Gasteiger partial charge on any atom is -0.351 e. The second-order valence-electron chi connectivity index (χ2n) is 7.34. The summed E-state index contributed by atoms with van der Waals surface area (Å²) in [4.78, 5) is 22.9. The molecule has 1 aromatic carbocycles. The van der Waals surface area contributed by atoms with E-state index in [1.54, 1.807) is 4.90 Å². The molecule has 0 atom stereocenters. The summed E-state index contributed by atoms with van der Waals surface area (Å²) in [5.41, 5.74) is 0.371. The standard InChI is InChI=1S/C19H17F3N4OS/c20-19(21,22)18(6-7-18)25-17-24-13-5-8-26(10-15(13)28-17)16(27)14-9-11-3-1-2-4-12(11)23-14/h1-4,9,23H,5-8,10H2,(H,24,25). The molecule has 0 spiro atoms. The van der Waals surface area contributed by atoms with E-state index >= 15 is 0 Å². The number of anilines is 1. The van der Waals surface area contributed by atoms with E-state index in [4.69, 9.17) is 0 Å². The summed E-state index contributed by atoms with van der Waals surface area (Å²) < 4.78 is 39.5. The van der Waals surface area contributed by atoms with Crippen LogP contribution in [0.15, 0.2) is 30.3 Å². The van der Waals surface area contributed by atoms with Gasteiger partial charge in [0.15, 0.2) is 5.13 Å². The Morgan fingerprint density at radius 1 is 1.29 bits per heavy atom. The highest BCUT2D eigenvalue weighted by atomic mass is 32.1. The number of aromatic amines is 1. The minimum atomic E-state index is -4.28. The van der Waals surface area contributed by atoms with E-state index in [-0.39, 0.29) is 18.7 Å². The first-order valence-corrected chi connectivity index (χ1v) is 9.87. The van der Waals surface area contributed by atoms with Gasteiger partial charge in [-0.15, -0.1) is 0 Å². The molecule has 5 nitrogen and oxygen atoms in total. The average molecular weight is 406 g/mol. The van der Waals surface area contributed by atoms with E-state index in [1.807, 2.05) is 30.3 Å². The van der Waals surface area contributed by atoms with Gasteiger partial charge in [0, 0.05) is 28.7 Å². The second kappa shape index (κ2) is 5.97. The third kappa shape index (κ3) is 2.85. The lowest BCUT2D eigenvalue weighted by molar-refractivity contribution is -0.151. The molecule has 1 aliphatic carbocycles. The van der Waals surface area contributed by atoms with Crippen molar-refractivity contribution >= 4 is 33.3 Å². The van der Waals surface area contributed by atoms with Crippen molar-refractivity contribution in [2.24, 2.45) is 0 Å². The zero-order chi connectivity index (χ0) is 19.5. The van der Waals surface area contributed by atoms with Crippen LogP contribution in [-0.4, -0.2) is 39.0 Å². The van der Waals surface area contributed by atoms with Crippen molar-refractivity contribution in [3.05, 3.63) is 46.6 Å². The zero-order valence-electron chi connectivity index (χ0n) is 14.8. The number of fused-ring (bicyclic) bond motifs is 2. The van der Waals surface area contributed by atoms with E-state index in [0.717, 1.165) is 21.5 Å². The van der Waals surface area contributed by atoms with Gasteiger partial charge in [0.2, 0.25) is 0 Å². The number of hydrogen-bond donors (Lipinski definition) is 2. The number of nitrogens with zero attached hydrogens (tertiary/aromatic N) is 2. The molecular weight excluding hydrogens is 389 g/mol. The number of amides is 1. The van der Waals surface area contributed by atoms with Gasteiger partial charge in [-0.25, -0.2) is 4.98 Å². The molecule has 0 saturated heterocycles. The summed E-state index contributed by atoms with van der Waals surface area (Å²) in [6.45, 7) is 0.858. The number of aromatic nitrogens is 2. The Hall–Kier alpha value is -2.55. The van der Waals surface area contributed by atoms with Crippen LogP contribution in [0.1, 0.15) is 33.9 Å². The van der Waals surface area contributed by atoms with Crippen LogP contribution in [-0.2, 0) is 13.0 Å². The summed E-state index contributed by atoms with van der Waals surface area (Å²) in [7, 11) is 0. The molecule has 28 heavy (non-hydrogen) atoms. The molecule has 0 bridgehead atoms. The van der Waals surface area contributed by atoms with Crippen molar-refractivity contribution in [1.82, 2.24) is 14.9 Å². The van der Waals surface area contributed by atoms with Crippen LogP contribution in [0.5, 0.6) is 0 Å². The number of carbonyl (C=O) groups is 1. The van der Waals surface area contributed by atoms with Crippen molar-refractivity contribution in [2.45, 2.75) is 37.5 Å². The van der Waals surface area contributed by atoms with Crippen LogP contribution in [0, 0.1) is 0 Å². The number of hydrogen-bond acceptors (Lipinski definition) is 4. The molecule has 3 heterocycles. The highest BCUT2D eigenvalue weighted by Crippen LogP contribution is 2.51. The van der Waals surface area contributed by atoms with E-state index in [9.17, 15) is 18.0 Å². The summed E-state index contributed by atoms with van der Waals surface area (Å²) in [5.74, 6) is -0.112. The first kappa shape index (κ1) is 17.5. The molecule has 0 unspecified atom stereocenters. The van der Waals surface area contributed by atoms with Gasteiger partial charge in [0.25, 0.3) is 5.91 Å². The molecule has 1 saturated carbocycles. The molecule has 2 aliphatic rings. The van der Waals surface area contributed by atoms with Crippen LogP contribution in [0.4, 0.5) is 18.3 Å². The lowest BCUT2D eigenvalue weighted by atomic mass is 10.1. The summed E-state index contributed by atoms with van der Waals surface area (Å²) in [5, 5.41) is 3.85. The van der Waals surface area contributed by atoms with Gasteiger partial charge >= 0.3 is 6.18 Å². The fourth-order valence-electron chi connectivity index (χ4n) is 3.59. The third-order valence-corrected chi connectivity index (χ3v) is 6.42. The number of benzene rings is 1. The first-order chi connectivity index (χ1) is 13.3. The predicted octanol–water partition coefficient (Wildman–Crippen LogP) is 4.33. The maximum atomic E-state index is 13.2. The van der Waals surface area contributed by atoms with Crippen LogP contribution in [0.2, 0.25) is 0 Å². The number of thiazole rings is 1. The van der Waals surface area contributed by atoms with Gasteiger partial charge in [0.05, 0.1) is 12.2 Å². The Labute approximate surface area is 162 Å². The SMILES string of the molecule is O=C(c1cc2ccccc2[nH]1)N1CCc2nc(NC3(C(F)(F)F)CC3)sc2C1. The van der Waals surface area contributed by atoms with Crippen LogP contribution < -0.4 is 5.32 Å². The Morgan fingerprint density at radius 3 is 2.79 bits per heavy atom. The van der Waals surface area contributed by atoms with Gasteiger partial charge in [-0.1, -0.05) is 29.5 Å². The topological polar surface area (TPSA) is 61.0 Å². The van der Waals surface area contributed by atoms with Gasteiger partial charge in [-0.3, -0.25) is 4.79 Å². The number of para-hydroxylation sites is 1. The molecule has 5 rings (SSSR count). The molecular formula is C19H17F3N4OS. The number of carbonyl (C=O) groups excluding carboxylic acids is 1. The maximum absolute atomic E-state index is 13.2. The summed E-state index contributed by atoms with van der Waals surface area (Å²) in [6.07, 6.45) is -3.59. The van der Waals surface area contributed by atoms with Crippen LogP contribution in [0.3, 0.4) is 0 Å². The van der Waals surface area contributed by atoms with E-state index < -0.39 is 11.7 Å². The smallest absolute Gasteiger partial charge is 0.351 e. The van der Waals surface area contributed by atoms with E-state index in [2.05, 4.69) is 15.3 Å². The average Bonchev–Trinajstić information content (AvgIpc) is 3.16. The van der Waals surface area contributed by atoms with Crippen molar-refractivity contribution in [3.8, 4) is 0 Å². The highest BCUT2D eigenvalue weighted by Gasteiger charge is 2.64. The monoisotopic (exact) mass is 406 g/mol. The normalized spacial score (nSPS) is 18.2. The minimum absolute atomic E-state index is 0.0751. The van der Waals surface area contributed by atoms with Gasteiger partial charge < -0.3 is 15.2 Å². The largest absolute Gasteiger partial charge is 0.411 e. The predicted molar refractivity (Wildman–Crippen MR) is 100 cm³/mol. The van der Waals surface area contributed by atoms with Crippen molar-refractivity contribution in [3.63, 3.8) is 0 Å². The highest BCUT2D eigenvalue weighted by molar-refractivity contribution is 7.15. The Bertz CT molecular complexity index is 1030. The Morgan fingerprint density at radius 2 is 2.07 bits per heavy atom. The Balaban J connectivity index is 1.34. The quantitative estimate of drug-likeness (QED) is 0.681. The fourth-order valence-corrected chi connectivity index (χ4v) is 4.71. The number of rotatable bonds is 3. The molecule has 3 aromatic rings. The molecule has 2 N–H and O–H groups in total. The van der Waals surface area contributed by atoms with Crippen molar-refractivity contribution in [2.75, 3.05) is 11.9 Å². The first-order valence-electron chi connectivity index (χ1n) is 9.05. The zero-order valence-corrected chi connectivity index (χ0v) is 15.6. The van der Waals surface area contributed by atoms with Crippen molar-refractivity contribution in [1.29, 1.82) is 0 Å². The summed E-state index contributed by atoms with van der Waals surface area (Å²) >= 11 is 1.21. The van der Waals surface area contributed by atoms with Crippen molar-refractivity contribution < 1.29 is 18.0 Å². The van der Waals surface area contributed by atoms with Crippen LogP contribution in [0.25, 0.3) is 10.9 Å². The number of halogens is 3. The molecule has 1 fully saturated rings. The van der Waals surface area contributed by atoms with Gasteiger partial charge in [-0.05, 0) is 25.0 Å². The molecule has 146 valence electrons. The van der Waals surface area contributed by atoms with Gasteiger partial charge in [0.1, 0.15) is 11.2 Å². The van der Waals surface area contributed by atoms with E-state index in [1.165, 1.54) is 11.3 Å². The van der Waals surface area contributed by atoms with E-state index in [0.29, 0.717) is 30.3 Å². The fraction of sp³-hybridized carbons (Fsp3) is 0.368. The number of nitrogens with one attached hydrogen (secondary N) is 2. The lowest BCUT2D eigenvalue weighted by Crippen LogP contribution is -2.38. The maximum Gasteiger partial charge on any atom is 0.411 e. The van der Waals surface area contributed by atoms with Crippen LogP contribution >= 0.6 is 11.3 Å². The molecule has 1 amide bonds. The Kier molecular flexibility index (Phi) is 3.74. The molecule has 9 heteroatoms. The number of alkyl halides is 3. The third-order valence-electron chi connectivity index (χ3n) is 5.42.